The van der Waals surface area contributed by atoms with Crippen molar-refractivity contribution < 1.29 is 28.5 Å². The number of benzene rings is 1. The van der Waals surface area contributed by atoms with Crippen molar-refractivity contribution in [1.29, 1.82) is 0 Å². The maximum atomic E-state index is 11.5. The molecule has 13 heteroatoms. The number of primary sulfonamides is 1. The van der Waals surface area contributed by atoms with Gasteiger partial charge in [-0.1, -0.05) is 13.8 Å². The average Bonchev–Trinajstić information content (AvgIpc) is 2.54. The van der Waals surface area contributed by atoms with Gasteiger partial charge in [-0.2, -0.15) is 0 Å². The van der Waals surface area contributed by atoms with Gasteiger partial charge in [0.2, 0.25) is 10.0 Å². The summed E-state index contributed by atoms with van der Waals surface area (Å²) in [5.74, 6) is 0. The molecule has 0 aromatic heterocycles. The minimum atomic E-state index is -4.52. The predicted octanol–water partition coefficient (Wildman–Crippen LogP) is -0.0324. The van der Waals surface area contributed by atoms with Gasteiger partial charge < -0.3 is 15.1 Å². The molecular formula is C12H20N4O8S. The molecule has 0 saturated heterocycles. The Morgan fingerprint density at radius 1 is 1.04 bits per heavy atom. The van der Waals surface area contributed by atoms with Gasteiger partial charge in [-0.05, 0) is 6.07 Å². The standard InChI is InChI=1S/C10H14N4O8S.C2H6/c11-23(21,22)10-6-7(12(1-3-15)2-4-16)8(13(17)18)5-9(10)14(19)20;1-2/h5-6,15-16H,1-4H2,(H2,11,21,22);1-2H3. The zero-order valence-corrected chi connectivity index (χ0v) is 14.5. The number of hydrogen-bond donors (Lipinski definition) is 3. The van der Waals surface area contributed by atoms with Crippen molar-refractivity contribution >= 4 is 27.1 Å². The van der Waals surface area contributed by atoms with Crippen LogP contribution in [0.15, 0.2) is 17.0 Å². The highest BCUT2D eigenvalue weighted by atomic mass is 32.2. The molecule has 0 saturated carbocycles. The van der Waals surface area contributed by atoms with Crippen molar-refractivity contribution in [2.24, 2.45) is 5.14 Å². The van der Waals surface area contributed by atoms with E-state index in [1.807, 2.05) is 13.8 Å². The molecule has 1 rings (SSSR count). The van der Waals surface area contributed by atoms with Crippen molar-refractivity contribution in [2.45, 2.75) is 18.7 Å². The fourth-order valence-electron chi connectivity index (χ4n) is 1.91. The van der Waals surface area contributed by atoms with Crippen LogP contribution in [-0.4, -0.2) is 54.8 Å². The normalized spacial score (nSPS) is 10.6. The van der Waals surface area contributed by atoms with Crippen LogP contribution >= 0.6 is 0 Å². The lowest BCUT2D eigenvalue weighted by Crippen LogP contribution is -2.30. The van der Waals surface area contributed by atoms with E-state index >= 15 is 0 Å². The van der Waals surface area contributed by atoms with Crippen molar-refractivity contribution in [1.82, 2.24) is 0 Å². The lowest BCUT2D eigenvalue weighted by Gasteiger charge is -2.23. The Kier molecular flexibility index (Phi) is 8.90. The second kappa shape index (κ2) is 9.83. The summed E-state index contributed by atoms with van der Waals surface area (Å²) in [5, 5.41) is 44.9. The van der Waals surface area contributed by atoms with Crippen LogP contribution in [0.25, 0.3) is 0 Å². The minimum absolute atomic E-state index is 0.163. The highest BCUT2D eigenvalue weighted by Gasteiger charge is 2.31. The fraction of sp³-hybridized carbons (Fsp3) is 0.500. The monoisotopic (exact) mass is 380 g/mol. The largest absolute Gasteiger partial charge is 0.395 e. The van der Waals surface area contributed by atoms with Crippen molar-refractivity contribution in [3.05, 3.63) is 32.4 Å². The van der Waals surface area contributed by atoms with Crippen LogP contribution in [0, 0.1) is 20.2 Å². The molecule has 142 valence electrons. The SMILES string of the molecule is CC.NS(=O)(=O)c1cc(N(CCO)CCO)c([N+](=O)[O-])cc1[N+](=O)[O-]. The van der Waals surface area contributed by atoms with Crippen molar-refractivity contribution in [3.8, 4) is 0 Å². The maximum absolute atomic E-state index is 11.5. The number of nitrogens with two attached hydrogens (primary N) is 1. The number of anilines is 1. The minimum Gasteiger partial charge on any atom is -0.395 e. The number of aliphatic hydroxyl groups is 2. The molecule has 0 atom stereocenters. The van der Waals surface area contributed by atoms with Crippen LogP contribution in [0.5, 0.6) is 0 Å². The van der Waals surface area contributed by atoms with Gasteiger partial charge in [-0.25, -0.2) is 13.6 Å². The summed E-state index contributed by atoms with van der Waals surface area (Å²) < 4.78 is 23.0. The summed E-state index contributed by atoms with van der Waals surface area (Å²) in [6.07, 6.45) is 0. The first-order valence-electron chi connectivity index (χ1n) is 7.09. The first-order valence-corrected chi connectivity index (χ1v) is 8.64. The number of nitrogens with zero attached hydrogens (tertiary/aromatic N) is 3. The topological polar surface area (TPSA) is 190 Å². The third kappa shape index (κ3) is 5.90. The number of hydrogen-bond acceptors (Lipinski definition) is 9. The smallest absolute Gasteiger partial charge is 0.299 e. The van der Waals surface area contributed by atoms with Gasteiger partial charge in [-0.15, -0.1) is 0 Å². The van der Waals surface area contributed by atoms with Gasteiger partial charge in [0.1, 0.15) is 5.69 Å². The van der Waals surface area contributed by atoms with E-state index in [0.717, 1.165) is 4.90 Å². The molecule has 0 amide bonds. The molecule has 0 heterocycles. The van der Waals surface area contributed by atoms with Gasteiger partial charge >= 0.3 is 0 Å². The fourth-order valence-corrected chi connectivity index (χ4v) is 2.61. The van der Waals surface area contributed by atoms with E-state index in [1.54, 1.807) is 0 Å². The van der Waals surface area contributed by atoms with Crippen LogP contribution < -0.4 is 10.0 Å². The van der Waals surface area contributed by atoms with E-state index in [4.69, 9.17) is 15.4 Å². The van der Waals surface area contributed by atoms with Crippen LogP contribution in [0.2, 0.25) is 0 Å². The highest BCUT2D eigenvalue weighted by Crippen LogP contribution is 2.36. The molecule has 0 radical (unpaired) electrons. The third-order valence-corrected chi connectivity index (χ3v) is 3.78. The summed E-state index contributed by atoms with van der Waals surface area (Å²) in [4.78, 5) is 20.3. The van der Waals surface area contributed by atoms with E-state index in [0.29, 0.717) is 12.1 Å². The van der Waals surface area contributed by atoms with E-state index in [9.17, 15) is 28.6 Å². The molecule has 0 bridgehead atoms. The van der Waals surface area contributed by atoms with Crippen LogP contribution in [0.1, 0.15) is 13.8 Å². The predicted molar refractivity (Wildman–Crippen MR) is 88.9 cm³/mol. The zero-order chi connectivity index (χ0) is 19.8. The number of aliphatic hydroxyl groups excluding tert-OH is 2. The Morgan fingerprint density at radius 2 is 1.48 bits per heavy atom. The molecule has 0 aliphatic heterocycles. The van der Waals surface area contributed by atoms with Crippen molar-refractivity contribution in [3.63, 3.8) is 0 Å². The highest BCUT2D eigenvalue weighted by molar-refractivity contribution is 7.89. The molecule has 12 nitrogen and oxygen atoms in total. The Morgan fingerprint density at radius 3 is 1.80 bits per heavy atom. The first kappa shape index (κ1) is 22.6. The van der Waals surface area contributed by atoms with Crippen LogP contribution in [0.4, 0.5) is 17.1 Å². The van der Waals surface area contributed by atoms with Gasteiger partial charge in [0.15, 0.2) is 4.90 Å². The molecule has 0 aliphatic rings. The number of sulfonamides is 1. The molecule has 0 aliphatic carbocycles. The Hall–Kier alpha value is -2.35. The lowest BCUT2D eigenvalue weighted by atomic mass is 10.2. The van der Waals surface area contributed by atoms with Crippen LogP contribution in [-0.2, 0) is 10.0 Å². The van der Waals surface area contributed by atoms with E-state index in [-0.39, 0.29) is 18.8 Å². The number of nitro benzene ring substituents is 2. The van der Waals surface area contributed by atoms with E-state index < -0.39 is 49.4 Å². The van der Waals surface area contributed by atoms with Crippen LogP contribution in [0.3, 0.4) is 0 Å². The summed E-state index contributed by atoms with van der Waals surface area (Å²) in [6.45, 7) is 2.78. The van der Waals surface area contributed by atoms with Gasteiger partial charge in [0, 0.05) is 13.1 Å². The first-order chi connectivity index (χ1) is 11.6. The summed E-state index contributed by atoms with van der Waals surface area (Å²) >= 11 is 0. The van der Waals surface area contributed by atoms with E-state index in [1.165, 1.54) is 0 Å². The Bertz CT molecular complexity index is 716. The van der Waals surface area contributed by atoms with Gasteiger partial charge in [-0.3, -0.25) is 20.2 Å². The zero-order valence-electron chi connectivity index (χ0n) is 13.7. The van der Waals surface area contributed by atoms with Gasteiger partial charge in [0.25, 0.3) is 11.4 Å². The molecule has 1 aromatic carbocycles. The molecule has 0 spiro atoms. The summed E-state index contributed by atoms with van der Waals surface area (Å²) in [7, 11) is -4.52. The molecule has 0 unspecified atom stereocenters. The maximum Gasteiger partial charge on any atom is 0.299 e. The molecule has 0 fully saturated rings. The molecule has 4 N–H and O–H groups in total. The Labute approximate surface area is 143 Å². The molecular weight excluding hydrogens is 360 g/mol. The average molecular weight is 380 g/mol. The molecule has 25 heavy (non-hydrogen) atoms. The Balaban J connectivity index is 0.00000277. The quantitative estimate of drug-likeness (QED) is 0.410. The summed E-state index contributed by atoms with van der Waals surface area (Å²) in [5.41, 5.74) is -2.09. The third-order valence-electron chi connectivity index (χ3n) is 2.84. The van der Waals surface area contributed by atoms with E-state index in [2.05, 4.69) is 0 Å². The summed E-state index contributed by atoms with van der Waals surface area (Å²) in [6, 6.07) is 1.17. The second-order valence-corrected chi connectivity index (χ2v) is 5.83. The van der Waals surface area contributed by atoms with Gasteiger partial charge in [0.05, 0.1) is 29.1 Å². The second-order valence-electron chi connectivity index (χ2n) is 4.30. The molecule has 1 aromatic rings. The number of rotatable bonds is 8. The van der Waals surface area contributed by atoms with Crippen molar-refractivity contribution in [2.75, 3.05) is 31.2 Å². The number of nitro groups is 2. The lowest BCUT2D eigenvalue weighted by molar-refractivity contribution is -0.395.